The number of fused-ring (bicyclic) bond motifs is 1. The van der Waals surface area contributed by atoms with Gasteiger partial charge in [-0.25, -0.2) is 4.68 Å². The number of benzene rings is 1. The molecular weight excluding hydrogens is 324 g/mol. The molecule has 0 fully saturated rings. The van der Waals surface area contributed by atoms with Gasteiger partial charge in [0, 0.05) is 17.3 Å². The summed E-state index contributed by atoms with van der Waals surface area (Å²) in [6.07, 6.45) is 1.42. The van der Waals surface area contributed by atoms with Gasteiger partial charge in [0.05, 0.1) is 20.8 Å². The largest absolute Gasteiger partial charge is 0.497 e. The highest BCUT2D eigenvalue weighted by Gasteiger charge is 2.41. The summed E-state index contributed by atoms with van der Waals surface area (Å²) in [5.74, 6) is 0.684. The highest BCUT2D eigenvalue weighted by Crippen LogP contribution is 2.42. The molecule has 132 valence electrons. The Labute approximate surface area is 145 Å². The molecule has 3 rings (SSSR count). The van der Waals surface area contributed by atoms with Crippen LogP contribution in [0.3, 0.4) is 0 Å². The number of esters is 1. The first-order valence-corrected chi connectivity index (χ1v) is 7.84. The van der Waals surface area contributed by atoms with Crippen molar-refractivity contribution in [1.82, 2.24) is 14.8 Å². The molecule has 0 spiro atoms. The summed E-state index contributed by atoms with van der Waals surface area (Å²) in [7, 11) is 3.15. The van der Waals surface area contributed by atoms with E-state index in [1.54, 1.807) is 31.9 Å². The lowest BCUT2D eigenvalue weighted by molar-refractivity contribution is -0.147. The fraction of sp³-hybridized carbons (Fsp3) is 0.353. The van der Waals surface area contributed by atoms with E-state index in [1.807, 2.05) is 12.1 Å². The summed E-state index contributed by atoms with van der Waals surface area (Å²) in [5.41, 5.74) is 1.26. The second-order valence-corrected chi connectivity index (χ2v) is 5.46. The lowest BCUT2D eigenvalue weighted by Crippen LogP contribution is -2.38. The lowest BCUT2D eigenvalue weighted by atomic mass is 9.88. The molecule has 0 amide bonds. The topological polar surface area (TPSA) is 87.5 Å². The van der Waals surface area contributed by atoms with Gasteiger partial charge in [-0.1, -0.05) is 6.58 Å². The molecule has 2 unspecified atom stereocenters. The number of aromatic nitrogens is 3. The quantitative estimate of drug-likeness (QED) is 0.830. The number of anilines is 1. The Hall–Kier alpha value is -3.03. The highest BCUT2D eigenvalue weighted by atomic mass is 16.5. The minimum absolute atomic E-state index is 0.277. The molecule has 0 aliphatic carbocycles. The Morgan fingerprint density at radius 1 is 1.36 bits per heavy atom. The molecule has 25 heavy (non-hydrogen) atoms. The molecule has 0 bridgehead atoms. The summed E-state index contributed by atoms with van der Waals surface area (Å²) in [6.45, 7) is 6.03. The average Bonchev–Trinajstić information content (AvgIpc) is 3.08. The lowest BCUT2D eigenvalue weighted by Gasteiger charge is -2.33. The Morgan fingerprint density at radius 3 is 2.84 bits per heavy atom. The van der Waals surface area contributed by atoms with Crippen molar-refractivity contribution in [3.63, 3.8) is 0 Å². The van der Waals surface area contributed by atoms with Gasteiger partial charge in [0.25, 0.3) is 0 Å². The molecule has 1 N–H and O–H groups in total. The van der Waals surface area contributed by atoms with Gasteiger partial charge >= 0.3 is 5.97 Å². The molecule has 2 aromatic rings. The molecule has 8 heteroatoms. The SMILES string of the molecule is C=C1Nc2ncnn2C(c2ccc(OC)cc2OC)C1C(=O)OCC. The summed E-state index contributed by atoms with van der Waals surface area (Å²) in [4.78, 5) is 16.8. The summed E-state index contributed by atoms with van der Waals surface area (Å²) in [6, 6.07) is 4.92. The molecule has 0 saturated carbocycles. The van der Waals surface area contributed by atoms with Crippen molar-refractivity contribution in [2.45, 2.75) is 13.0 Å². The number of nitrogens with one attached hydrogen (secondary N) is 1. The maximum atomic E-state index is 12.6. The van der Waals surface area contributed by atoms with Crippen molar-refractivity contribution in [1.29, 1.82) is 0 Å². The van der Waals surface area contributed by atoms with Crippen molar-refractivity contribution in [2.75, 3.05) is 26.1 Å². The number of hydrogen-bond donors (Lipinski definition) is 1. The van der Waals surface area contributed by atoms with Gasteiger partial charge in [0.1, 0.15) is 29.8 Å². The smallest absolute Gasteiger partial charge is 0.317 e. The first-order chi connectivity index (χ1) is 12.1. The van der Waals surface area contributed by atoms with Crippen LogP contribution >= 0.6 is 0 Å². The van der Waals surface area contributed by atoms with Crippen LogP contribution in [-0.2, 0) is 9.53 Å². The van der Waals surface area contributed by atoms with E-state index in [-0.39, 0.29) is 12.6 Å². The number of hydrogen-bond acceptors (Lipinski definition) is 7. The number of nitrogens with zero attached hydrogens (tertiary/aromatic N) is 3. The Balaban J connectivity index is 2.15. The number of ether oxygens (including phenoxy) is 3. The van der Waals surface area contributed by atoms with Gasteiger partial charge in [0.2, 0.25) is 5.95 Å². The van der Waals surface area contributed by atoms with Crippen LogP contribution in [0, 0.1) is 5.92 Å². The predicted octanol–water partition coefficient (Wildman–Crippen LogP) is 2.00. The fourth-order valence-corrected chi connectivity index (χ4v) is 2.97. The third kappa shape index (κ3) is 2.90. The Morgan fingerprint density at radius 2 is 2.16 bits per heavy atom. The average molecular weight is 344 g/mol. The second kappa shape index (κ2) is 6.84. The summed E-state index contributed by atoms with van der Waals surface area (Å²) in [5, 5.41) is 7.28. The van der Waals surface area contributed by atoms with E-state index in [0.29, 0.717) is 23.1 Å². The van der Waals surface area contributed by atoms with Crippen molar-refractivity contribution < 1.29 is 19.0 Å². The van der Waals surface area contributed by atoms with E-state index in [4.69, 9.17) is 14.2 Å². The first-order valence-electron chi connectivity index (χ1n) is 7.84. The number of rotatable bonds is 5. The maximum Gasteiger partial charge on any atom is 0.317 e. The van der Waals surface area contributed by atoms with Crippen LogP contribution < -0.4 is 14.8 Å². The molecule has 0 radical (unpaired) electrons. The van der Waals surface area contributed by atoms with E-state index in [1.165, 1.54) is 6.33 Å². The normalized spacial score (nSPS) is 18.9. The molecule has 2 heterocycles. The molecule has 1 aliphatic heterocycles. The first kappa shape index (κ1) is 16.8. The van der Waals surface area contributed by atoms with Gasteiger partial charge in [0.15, 0.2) is 0 Å². The van der Waals surface area contributed by atoms with Crippen LogP contribution in [0.4, 0.5) is 5.95 Å². The van der Waals surface area contributed by atoms with Crippen molar-refractivity contribution in [3.8, 4) is 11.5 Å². The monoisotopic (exact) mass is 344 g/mol. The van der Waals surface area contributed by atoms with Crippen molar-refractivity contribution in [3.05, 3.63) is 42.4 Å². The van der Waals surface area contributed by atoms with Gasteiger partial charge in [-0.2, -0.15) is 10.1 Å². The van der Waals surface area contributed by atoms with E-state index < -0.39 is 12.0 Å². The van der Waals surface area contributed by atoms with Gasteiger partial charge in [-0.05, 0) is 19.1 Å². The molecular formula is C17H20N4O4. The molecule has 2 atom stereocenters. The van der Waals surface area contributed by atoms with Crippen LogP contribution in [0.25, 0.3) is 0 Å². The van der Waals surface area contributed by atoms with Crippen LogP contribution in [0.5, 0.6) is 11.5 Å². The van der Waals surface area contributed by atoms with Crippen LogP contribution in [-0.4, -0.2) is 41.6 Å². The van der Waals surface area contributed by atoms with Crippen molar-refractivity contribution in [2.24, 2.45) is 5.92 Å². The molecule has 1 aromatic heterocycles. The van der Waals surface area contributed by atoms with Crippen LogP contribution in [0.15, 0.2) is 36.8 Å². The Kier molecular flexibility index (Phi) is 4.60. The zero-order valence-electron chi connectivity index (χ0n) is 14.4. The van der Waals surface area contributed by atoms with Crippen LogP contribution in [0.2, 0.25) is 0 Å². The maximum absolute atomic E-state index is 12.6. The Bertz CT molecular complexity index is 802. The fourth-order valence-electron chi connectivity index (χ4n) is 2.97. The molecule has 8 nitrogen and oxygen atoms in total. The zero-order chi connectivity index (χ0) is 18.0. The van der Waals surface area contributed by atoms with E-state index >= 15 is 0 Å². The molecule has 1 aromatic carbocycles. The highest BCUT2D eigenvalue weighted by molar-refractivity contribution is 5.79. The third-order valence-corrected chi connectivity index (χ3v) is 4.10. The second-order valence-electron chi connectivity index (χ2n) is 5.46. The number of methoxy groups -OCH3 is 2. The minimum Gasteiger partial charge on any atom is -0.497 e. The molecule has 1 aliphatic rings. The van der Waals surface area contributed by atoms with Crippen molar-refractivity contribution >= 4 is 11.9 Å². The number of carbonyl (C=O) groups excluding carboxylic acids is 1. The van der Waals surface area contributed by atoms with Gasteiger partial charge in [-0.3, -0.25) is 4.79 Å². The minimum atomic E-state index is -0.670. The summed E-state index contributed by atoms with van der Waals surface area (Å²) < 4.78 is 17.6. The van der Waals surface area contributed by atoms with E-state index in [9.17, 15) is 4.79 Å². The van der Waals surface area contributed by atoms with E-state index in [2.05, 4.69) is 22.0 Å². The molecule has 0 saturated heterocycles. The van der Waals surface area contributed by atoms with Gasteiger partial charge < -0.3 is 19.5 Å². The standard InChI is InChI=1S/C17H20N4O4/c1-5-25-16(22)14-10(2)20-17-18-9-19-21(17)15(14)12-7-6-11(23-3)8-13(12)24-4/h6-9,14-15H,2,5H2,1,3-4H3,(H,18,19,20). The van der Waals surface area contributed by atoms with Crippen LogP contribution in [0.1, 0.15) is 18.5 Å². The van der Waals surface area contributed by atoms with E-state index in [0.717, 1.165) is 5.56 Å². The third-order valence-electron chi connectivity index (χ3n) is 4.10. The predicted molar refractivity (Wildman–Crippen MR) is 90.6 cm³/mol. The van der Waals surface area contributed by atoms with Gasteiger partial charge in [-0.15, -0.1) is 0 Å². The zero-order valence-corrected chi connectivity index (χ0v) is 14.4. The number of carbonyl (C=O) groups is 1. The summed E-state index contributed by atoms with van der Waals surface area (Å²) >= 11 is 0.